The Morgan fingerprint density at radius 3 is 2.89 bits per heavy atom. The Bertz CT molecular complexity index is 536. The maximum atomic E-state index is 11.6. The number of fused-ring (bicyclic) bond motifs is 1. The number of aliphatic hydroxyl groups excluding tert-OH is 1. The lowest BCUT2D eigenvalue weighted by atomic mass is 10.1. The first-order valence-electron chi connectivity index (χ1n) is 6.66. The van der Waals surface area contributed by atoms with Gasteiger partial charge in [0.1, 0.15) is 12.4 Å². The Labute approximate surface area is 114 Å². The van der Waals surface area contributed by atoms with E-state index in [1.54, 1.807) is 0 Å². The van der Waals surface area contributed by atoms with Crippen LogP contribution >= 0.6 is 0 Å². The van der Waals surface area contributed by atoms with Gasteiger partial charge in [0.15, 0.2) is 9.84 Å². The molecule has 1 aromatic rings. The number of benzene rings is 1. The van der Waals surface area contributed by atoms with E-state index in [9.17, 15) is 13.5 Å². The van der Waals surface area contributed by atoms with Crippen molar-refractivity contribution in [2.45, 2.75) is 32.3 Å². The molecule has 0 saturated carbocycles. The Morgan fingerprint density at radius 2 is 2.16 bits per heavy atom. The lowest BCUT2D eigenvalue weighted by Gasteiger charge is -2.11. The van der Waals surface area contributed by atoms with Crippen LogP contribution in [0.25, 0.3) is 0 Å². The van der Waals surface area contributed by atoms with Crippen molar-refractivity contribution in [3.63, 3.8) is 0 Å². The van der Waals surface area contributed by atoms with Crippen LogP contribution in [-0.2, 0) is 16.3 Å². The van der Waals surface area contributed by atoms with Crippen molar-refractivity contribution < 1.29 is 18.3 Å². The number of rotatable bonds is 6. The van der Waals surface area contributed by atoms with Gasteiger partial charge in [-0.3, -0.25) is 0 Å². The minimum Gasteiger partial charge on any atom is -0.492 e. The molecule has 5 heteroatoms. The number of ether oxygens (including phenoxy) is 1. The first kappa shape index (κ1) is 14.3. The molecule has 1 unspecified atom stereocenters. The Kier molecular flexibility index (Phi) is 4.47. The summed E-state index contributed by atoms with van der Waals surface area (Å²) in [7, 11) is -3.00. The Morgan fingerprint density at radius 1 is 1.37 bits per heavy atom. The first-order chi connectivity index (χ1) is 9.03. The predicted octanol–water partition coefficient (Wildman–Crippen LogP) is 1.87. The van der Waals surface area contributed by atoms with Crippen molar-refractivity contribution in [3.8, 4) is 5.75 Å². The quantitative estimate of drug-likeness (QED) is 0.866. The van der Waals surface area contributed by atoms with Crippen molar-refractivity contribution in [1.29, 1.82) is 0 Å². The second-order valence-electron chi connectivity index (χ2n) is 4.88. The molecule has 1 N–H and O–H groups in total. The van der Waals surface area contributed by atoms with Gasteiger partial charge in [-0.1, -0.05) is 19.1 Å². The van der Waals surface area contributed by atoms with Crippen molar-refractivity contribution in [1.82, 2.24) is 0 Å². The fraction of sp³-hybridized carbons (Fsp3) is 0.571. The van der Waals surface area contributed by atoms with Crippen LogP contribution in [-0.4, -0.2) is 31.6 Å². The topological polar surface area (TPSA) is 63.6 Å². The van der Waals surface area contributed by atoms with E-state index >= 15 is 0 Å². The molecule has 1 atom stereocenters. The molecule has 0 aromatic heterocycles. The summed E-state index contributed by atoms with van der Waals surface area (Å²) >= 11 is 0. The lowest BCUT2D eigenvalue weighted by molar-refractivity contribution is 0.180. The van der Waals surface area contributed by atoms with E-state index < -0.39 is 15.9 Å². The number of hydrogen-bond donors (Lipinski definition) is 1. The van der Waals surface area contributed by atoms with Crippen LogP contribution in [0.2, 0.25) is 0 Å². The van der Waals surface area contributed by atoms with Crippen LogP contribution in [0.5, 0.6) is 5.75 Å². The maximum absolute atomic E-state index is 11.6. The second kappa shape index (κ2) is 5.92. The van der Waals surface area contributed by atoms with Gasteiger partial charge < -0.3 is 9.84 Å². The van der Waals surface area contributed by atoms with Gasteiger partial charge in [0, 0.05) is 5.56 Å². The highest BCUT2D eigenvalue weighted by Gasteiger charge is 2.23. The zero-order valence-electron chi connectivity index (χ0n) is 11.1. The van der Waals surface area contributed by atoms with Crippen LogP contribution in [0.3, 0.4) is 0 Å². The molecule has 0 amide bonds. The maximum Gasteiger partial charge on any atom is 0.153 e. The molecule has 0 bridgehead atoms. The van der Waals surface area contributed by atoms with Crippen molar-refractivity contribution in [3.05, 3.63) is 29.3 Å². The molecule has 1 aliphatic carbocycles. The van der Waals surface area contributed by atoms with Crippen LogP contribution in [0.15, 0.2) is 18.2 Å². The summed E-state index contributed by atoms with van der Waals surface area (Å²) in [6.07, 6.45) is 1.72. The minimum absolute atomic E-state index is 0.0487. The number of sulfone groups is 1. The zero-order chi connectivity index (χ0) is 13.9. The number of hydrogen-bond acceptors (Lipinski definition) is 4. The van der Waals surface area contributed by atoms with E-state index in [4.69, 9.17) is 4.74 Å². The monoisotopic (exact) mass is 284 g/mol. The molecule has 106 valence electrons. The van der Waals surface area contributed by atoms with Gasteiger partial charge in [0.2, 0.25) is 0 Å². The highest BCUT2D eigenvalue weighted by molar-refractivity contribution is 7.91. The Hall–Kier alpha value is -1.07. The standard InChI is InChI=1S/C14H20O4S/c1-2-9-19(16,17)10-8-18-14-5-3-4-11-12(14)6-7-13(11)15/h3-5,13,15H,2,6-10H2,1H3. The van der Waals surface area contributed by atoms with E-state index in [0.29, 0.717) is 18.6 Å². The van der Waals surface area contributed by atoms with Gasteiger partial charge in [-0.25, -0.2) is 8.42 Å². The third-order valence-corrected chi connectivity index (χ3v) is 5.18. The van der Waals surface area contributed by atoms with Gasteiger partial charge in [-0.2, -0.15) is 0 Å². The molecule has 0 radical (unpaired) electrons. The molecule has 1 aromatic carbocycles. The molecule has 19 heavy (non-hydrogen) atoms. The van der Waals surface area contributed by atoms with E-state index in [-0.39, 0.29) is 18.1 Å². The summed E-state index contributed by atoms with van der Waals surface area (Å²) in [5, 5.41) is 9.78. The molecule has 0 saturated heterocycles. The van der Waals surface area contributed by atoms with Crippen molar-refractivity contribution in [2.24, 2.45) is 0 Å². The van der Waals surface area contributed by atoms with Crippen LogP contribution in [0, 0.1) is 0 Å². The largest absolute Gasteiger partial charge is 0.492 e. The molecule has 4 nitrogen and oxygen atoms in total. The van der Waals surface area contributed by atoms with Gasteiger partial charge in [-0.05, 0) is 30.9 Å². The summed E-state index contributed by atoms with van der Waals surface area (Å²) < 4.78 is 28.8. The SMILES string of the molecule is CCCS(=O)(=O)CCOc1cccc2c1CCC2O. The molecule has 0 fully saturated rings. The highest BCUT2D eigenvalue weighted by atomic mass is 32.2. The summed E-state index contributed by atoms with van der Waals surface area (Å²) in [6.45, 7) is 2.03. The van der Waals surface area contributed by atoms with Crippen molar-refractivity contribution in [2.75, 3.05) is 18.1 Å². The third kappa shape index (κ3) is 3.48. The zero-order valence-corrected chi connectivity index (χ0v) is 11.9. The Balaban J connectivity index is 1.98. The van der Waals surface area contributed by atoms with E-state index in [0.717, 1.165) is 17.5 Å². The molecular formula is C14H20O4S. The molecule has 0 aliphatic heterocycles. The molecule has 0 heterocycles. The van der Waals surface area contributed by atoms with Gasteiger partial charge >= 0.3 is 0 Å². The smallest absolute Gasteiger partial charge is 0.153 e. The summed E-state index contributed by atoms with van der Waals surface area (Å²) in [6, 6.07) is 5.57. The van der Waals surface area contributed by atoms with Gasteiger partial charge in [0.05, 0.1) is 17.6 Å². The third-order valence-electron chi connectivity index (χ3n) is 3.36. The second-order valence-corrected chi connectivity index (χ2v) is 7.18. The van der Waals surface area contributed by atoms with Gasteiger partial charge in [-0.15, -0.1) is 0 Å². The van der Waals surface area contributed by atoms with E-state index in [1.807, 2.05) is 25.1 Å². The van der Waals surface area contributed by atoms with Crippen LogP contribution in [0.1, 0.15) is 37.0 Å². The summed E-state index contributed by atoms with van der Waals surface area (Å²) in [4.78, 5) is 0. The van der Waals surface area contributed by atoms with Crippen LogP contribution < -0.4 is 4.74 Å². The minimum atomic E-state index is -3.00. The summed E-state index contributed by atoms with van der Waals surface area (Å²) in [5.41, 5.74) is 1.93. The average molecular weight is 284 g/mol. The lowest BCUT2D eigenvalue weighted by Crippen LogP contribution is -2.17. The van der Waals surface area contributed by atoms with E-state index in [1.165, 1.54) is 0 Å². The molecule has 1 aliphatic rings. The fourth-order valence-corrected chi connectivity index (χ4v) is 3.59. The van der Waals surface area contributed by atoms with Crippen molar-refractivity contribution >= 4 is 9.84 Å². The molecular weight excluding hydrogens is 264 g/mol. The predicted molar refractivity (Wildman–Crippen MR) is 74.2 cm³/mol. The highest BCUT2D eigenvalue weighted by Crippen LogP contribution is 2.36. The molecule has 0 spiro atoms. The normalized spacial score (nSPS) is 18.3. The number of aliphatic hydroxyl groups is 1. The summed E-state index contributed by atoms with van der Waals surface area (Å²) in [5.74, 6) is 0.968. The van der Waals surface area contributed by atoms with E-state index in [2.05, 4.69) is 0 Å². The average Bonchev–Trinajstić information content (AvgIpc) is 2.72. The molecule has 2 rings (SSSR count). The van der Waals surface area contributed by atoms with Crippen LogP contribution in [0.4, 0.5) is 0 Å². The van der Waals surface area contributed by atoms with Gasteiger partial charge in [0.25, 0.3) is 0 Å². The fourth-order valence-electron chi connectivity index (χ4n) is 2.43. The first-order valence-corrected chi connectivity index (χ1v) is 8.48.